The van der Waals surface area contributed by atoms with Gasteiger partial charge >= 0.3 is 0 Å². The van der Waals surface area contributed by atoms with Crippen LogP contribution < -0.4 is 0 Å². The third kappa shape index (κ3) is 6.36. The number of unbranched alkanes of at least 4 members (excludes halogenated alkanes) is 4. The van der Waals surface area contributed by atoms with E-state index in [2.05, 4.69) is 25.1 Å². The van der Waals surface area contributed by atoms with Crippen molar-refractivity contribution in [2.24, 2.45) is 5.92 Å². The third-order valence-electron chi connectivity index (χ3n) is 5.10. The van der Waals surface area contributed by atoms with E-state index in [-0.39, 0.29) is 0 Å². The smallest absolute Gasteiger partial charge is 0.0991 e. The molecule has 2 heteroatoms. The van der Waals surface area contributed by atoms with Gasteiger partial charge in [0, 0.05) is 13.2 Å². The molecule has 0 aromatic heterocycles. The molecule has 2 nitrogen and oxygen atoms in total. The first kappa shape index (κ1) is 18.0. The molecule has 0 bridgehead atoms. The minimum atomic E-state index is 0.674. The van der Waals surface area contributed by atoms with Crippen LogP contribution in [0.5, 0.6) is 0 Å². The second kappa shape index (κ2) is 10.4. The van der Waals surface area contributed by atoms with Crippen LogP contribution in [0.2, 0.25) is 0 Å². The van der Waals surface area contributed by atoms with Crippen molar-refractivity contribution in [3.05, 3.63) is 35.4 Å². The zero-order valence-electron chi connectivity index (χ0n) is 14.6. The molecule has 0 N–H and O–H groups in total. The lowest BCUT2D eigenvalue weighted by molar-refractivity contribution is 0.0799. The summed E-state index contributed by atoms with van der Waals surface area (Å²) in [5.74, 6) is 1.42. The van der Waals surface area contributed by atoms with E-state index in [1.807, 2.05) is 12.1 Å². The van der Waals surface area contributed by atoms with Crippen LogP contribution in [0.3, 0.4) is 0 Å². The topological polar surface area (TPSA) is 33.0 Å². The lowest BCUT2D eigenvalue weighted by atomic mass is 9.79. The minimum Gasteiger partial charge on any atom is -0.381 e. The molecule has 1 aliphatic carbocycles. The summed E-state index contributed by atoms with van der Waals surface area (Å²) in [6, 6.07) is 10.4. The van der Waals surface area contributed by atoms with Gasteiger partial charge in [0.15, 0.2) is 0 Å². The highest BCUT2D eigenvalue weighted by atomic mass is 16.5. The maximum Gasteiger partial charge on any atom is 0.0991 e. The van der Waals surface area contributed by atoms with Crippen molar-refractivity contribution >= 4 is 0 Å². The van der Waals surface area contributed by atoms with Gasteiger partial charge in [-0.3, -0.25) is 0 Å². The van der Waals surface area contributed by atoms with Crippen molar-refractivity contribution in [3.8, 4) is 6.07 Å². The monoisotopic (exact) mass is 313 g/mol. The number of benzene rings is 1. The number of hydrogen-bond donors (Lipinski definition) is 0. The molecule has 0 aliphatic heterocycles. The molecule has 0 atom stereocenters. The molecule has 1 aromatic carbocycles. The quantitative estimate of drug-likeness (QED) is 0.538. The van der Waals surface area contributed by atoms with Gasteiger partial charge < -0.3 is 4.74 Å². The molecule has 0 spiro atoms. The first-order chi connectivity index (χ1) is 11.3. The summed E-state index contributed by atoms with van der Waals surface area (Å²) in [6.07, 6.45) is 11.6. The van der Waals surface area contributed by atoms with Gasteiger partial charge in [-0.15, -0.1) is 0 Å². The maximum absolute atomic E-state index is 8.87. The average molecular weight is 313 g/mol. The van der Waals surface area contributed by atoms with Crippen molar-refractivity contribution < 1.29 is 4.74 Å². The van der Waals surface area contributed by atoms with Crippen molar-refractivity contribution in [1.29, 1.82) is 5.26 Å². The van der Waals surface area contributed by atoms with Crippen LogP contribution in [0.25, 0.3) is 0 Å². The summed E-state index contributed by atoms with van der Waals surface area (Å²) in [6.45, 7) is 4.15. The van der Waals surface area contributed by atoms with E-state index in [0.29, 0.717) is 5.92 Å². The van der Waals surface area contributed by atoms with E-state index in [4.69, 9.17) is 10.00 Å². The predicted octanol–water partition coefficient (Wildman–Crippen LogP) is 5.82. The Morgan fingerprint density at radius 2 is 1.70 bits per heavy atom. The van der Waals surface area contributed by atoms with Gasteiger partial charge in [0.25, 0.3) is 0 Å². The van der Waals surface area contributed by atoms with Crippen LogP contribution in [0.4, 0.5) is 0 Å². The number of nitrogens with zero attached hydrogens (tertiary/aromatic N) is 1. The Kier molecular flexibility index (Phi) is 8.18. The van der Waals surface area contributed by atoms with Crippen molar-refractivity contribution in [3.63, 3.8) is 0 Å². The molecule has 0 unspecified atom stereocenters. The third-order valence-corrected chi connectivity index (χ3v) is 5.10. The number of nitriles is 1. The Bertz CT molecular complexity index is 466. The zero-order chi connectivity index (χ0) is 16.3. The van der Waals surface area contributed by atoms with E-state index < -0.39 is 0 Å². The summed E-state index contributed by atoms with van der Waals surface area (Å²) < 4.78 is 5.89. The predicted molar refractivity (Wildman–Crippen MR) is 95.4 cm³/mol. The minimum absolute atomic E-state index is 0.674. The van der Waals surface area contributed by atoms with E-state index in [9.17, 15) is 0 Å². The average Bonchev–Trinajstić information content (AvgIpc) is 2.61. The molecule has 126 valence electrons. The Morgan fingerprint density at radius 3 is 2.35 bits per heavy atom. The Hall–Kier alpha value is -1.33. The SMILES string of the molecule is CCCCCCCOC[C@H]1CC[C@H](c2ccc(C#N)cc2)CC1. The van der Waals surface area contributed by atoms with Gasteiger partial charge in [0.1, 0.15) is 0 Å². The van der Waals surface area contributed by atoms with Crippen LogP contribution in [0.1, 0.15) is 81.8 Å². The second-order valence-corrected chi connectivity index (χ2v) is 6.94. The standard InChI is InChI=1S/C21H31NO/c1-2-3-4-5-6-15-23-17-19-9-13-21(14-10-19)20-11-7-18(16-22)8-12-20/h7-8,11-12,19,21H,2-6,9-10,13-15,17H2,1H3/t19-,21-. The molecule has 0 amide bonds. The molecule has 1 aromatic rings. The highest BCUT2D eigenvalue weighted by Gasteiger charge is 2.22. The van der Waals surface area contributed by atoms with Gasteiger partial charge in [0.05, 0.1) is 11.6 Å². The molecule has 0 saturated heterocycles. The summed E-state index contributed by atoms with van der Waals surface area (Å²) >= 11 is 0. The lowest BCUT2D eigenvalue weighted by Gasteiger charge is -2.28. The molecule has 0 heterocycles. The van der Waals surface area contributed by atoms with Gasteiger partial charge in [0.2, 0.25) is 0 Å². The summed E-state index contributed by atoms with van der Waals surface area (Å²) in [7, 11) is 0. The Balaban J connectivity index is 1.59. The van der Waals surface area contributed by atoms with Crippen LogP contribution in [-0.4, -0.2) is 13.2 Å². The first-order valence-corrected chi connectivity index (χ1v) is 9.41. The molecule has 1 fully saturated rings. The van der Waals surface area contributed by atoms with Crippen molar-refractivity contribution in [1.82, 2.24) is 0 Å². The van der Waals surface area contributed by atoms with Crippen LogP contribution >= 0.6 is 0 Å². The highest BCUT2D eigenvalue weighted by Crippen LogP contribution is 2.35. The molecular formula is C21H31NO. The highest BCUT2D eigenvalue weighted by molar-refractivity contribution is 5.33. The lowest BCUT2D eigenvalue weighted by Crippen LogP contribution is -2.18. The van der Waals surface area contributed by atoms with E-state index >= 15 is 0 Å². The molecule has 0 radical (unpaired) electrons. The fourth-order valence-corrected chi connectivity index (χ4v) is 3.55. The van der Waals surface area contributed by atoms with Crippen LogP contribution in [0, 0.1) is 17.2 Å². The van der Waals surface area contributed by atoms with Crippen molar-refractivity contribution in [2.45, 2.75) is 70.6 Å². The molecular weight excluding hydrogens is 282 g/mol. The summed E-state index contributed by atoms with van der Waals surface area (Å²) in [4.78, 5) is 0. The summed E-state index contributed by atoms with van der Waals surface area (Å²) in [5.41, 5.74) is 2.16. The van der Waals surface area contributed by atoms with Crippen molar-refractivity contribution in [2.75, 3.05) is 13.2 Å². The van der Waals surface area contributed by atoms with Gasteiger partial charge in [-0.2, -0.15) is 5.26 Å². The maximum atomic E-state index is 8.87. The van der Waals surface area contributed by atoms with Gasteiger partial charge in [-0.25, -0.2) is 0 Å². The Labute approximate surface area is 141 Å². The fraction of sp³-hybridized carbons (Fsp3) is 0.667. The molecule has 1 saturated carbocycles. The van der Waals surface area contributed by atoms with E-state index in [1.54, 1.807) is 0 Å². The zero-order valence-corrected chi connectivity index (χ0v) is 14.6. The molecule has 1 aliphatic rings. The second-order valence-electron chi connectivity index (χ2n) is 6.94. The normalized spacial score (nSPS) is 21.0. The number of rotatable bonds is 9. The number of ether oxygens (including phenoxy) is 1. The molecule has 23 heavy (non-hydrogen) atoms. The fourth-order valence-electron chi connectivity index (χ4n) is 3.55. The van der Waals surface area contributed by atoms with Gasteiger partial charge in [-0.1, -0.05) is 44.7 Å². The Morgan fingerprint density at radius 1 is 1.00 bits per heavy atom. The van der Waals surface area contributed by atoms with E-state index in [0.717, 1.165) is 24.7 Å². The van der Waals surface area contributed by atoms with Crippen LogP contribution in [-0.2, 0) is 4.74 Å². The number of hydrogen-bond acceptors (Lipinski definition) is 2. The summed E-state index contributed by atoms with van der Waals surface area (Å²) in [5, 5.41) is 8.87. The molecule has 2 rings (SSSR count). The van der Waals surface area contributed by atoms with Crippen LogP contribution in [0.15, 0.2) is 24.3 Å². The largest absolute Gasteiger partial charge is 0.381 e. The van der Waals surface area contributed by atoms with Gasteiger partial charge in [-0.05, 0) is 61.6 Å². The van der Waals surface area contributed by atoms with E-state index in [1.165, 1.54) is 63.4 Å². The first-order valence-electron chi connectivity index (χ1n) is 9.41.